The van der Waals surface area contributed by atoms with Gasteiger partial charge in [-0.1, -0.05) is 0 Å². The first-order valence-corrected chi connectivity index (χ1v) is 8.05. The van der Waals surface area contributed by atoms with E-state index >= 15 is 0 Å². The molecule has 0 spiro atoms. The molecule has 3 heterocycles. The van der Waals surface area contributed by atoms with Crippen molar-refractivity contribution in [2.24, 2.45) is 7.05 Å². The topological polar surface area (TPSA) is 93.4 Å². The first-order chi connectivity index (χ1) is 12.0. The Balaban J connectivity index is 1.59. The Kier molecular flexibility index (Phi) is 3.69. The number of rotatable bonds is 2. The Morgan fingerprint density at radius 2 is 2.24 bits per heavy atom. The number of imidazole rings is 1. The number of fused-ring (bicyclic) bond motifs is 1. The lowest BCUT2D eigenvalue weighted by Crippen LogP contribution is -2.42. The van der Waals surface area contributed by atoms with E-state index in [0.717, 1.165) is 11.5 Å². The summed E-state index contributed by atoms with van der Waals surface area (Å²) in [5.74, 6) is 0.175. The Morgan fingerprint density at radius 1 is 1.40 bits per heavy atom. The molecule has 0 bridgehead atoms. The van der Waals surface area contributed by atoms with Crippen LogP contribution in [0.5, 0.6) is 0 Å². The molecule has 1 fully saturated rings. The fourth-order valence-corrected chi connectivity index (χ4v) is 3.04. The minimum absolute atomic E-state index is 0.105. The molecular weight excluding hydrogens is 324 g/mol. The van der Waals surface area contributed by atoms with Gasteiger partial charge in [0.05, 0.1) is 18.7 Å². The predicted octanol–water partition coefficient (Wildman–Crippen LogP) is 1.38. The van der Waals surface area contributed by atoms with E-state index in [1.54, 1.807) is 36.3 Å². The van der Waals surface area contributed by atoms with E-state index < -0.39 is 5.76 Å². The number of benzene rings is 1. The Hall–Kier alpha value is -2.87. The van der Waals surface area contributed by atoms with Crippen LogP contribution in [-0.4, -0.2) is 45.0 Å². The zero-order valence-electron chi connectivity index (χ0n) is 14.0. The van der Waals surface area contributed by atoms with Crippen molar-refractivity contribution >= 4 is 17.0 Å². The van der Waals surface area contributed by atoms with Crippen LogP contribution in [0.15, 0.2) is 33.6 Å². The van der Waals surface area contributed by atoms with Gasteiger partial charge in [-0.05, 0) is 25.1 Å². The summed E-state index contributed by atoms with van der Waals surface area (Å²) in [6.45, 7) is 3.31. The summed E-state index contributed by atoms with van der Waals surface area (Å²) >= 11 is 0. The summed E-state index contributed by atoms with van der Waals surface area (Å²) < 4.78 is 12.2. The zero-order valence-corrected chi connectivity index (χ0v) is 14.0. The number of carbonyl (C=O) groups excluding carboxylic acids is 1. The van der Waals surface area contributed by atoms with Crippen LogP contribution in [-0.2, 0) is 11.8 Å². The van der Waals surface area contributed by atoms with Crippen LogP contribution in [0.2, 0.25) is 0 Å². The second-order valence-electron chi connectivity index (χ2n) is 6.17. The summed E-state index contributed by atoms with van der Waals surface area (Å²) in [5.41, 5.74) is 2.53. The van der Waals surface area contributed by atoms with Gasteiger partial charge in [0.2, 0.25) is 0 Å². The molecule has 130 valence electrons. The smallest absolute Gasteiger partial charge is 0.408 e. The summed E-state index contributed by atoms with van der Waals surface area (Å²) in [5, 5.41) is 0. The molecule has 4 rings (SSSR count). The van der Waals surface area contributed by atoms with Crippen LogP contribution in [0.4, 0.5) is 0 Å². The predicted molar refractivity (Wildman–Crippen MR) is 89.4 cm³/mol. The van der Waals surface area contributed by atoms with Gasteiger partial charge in [0, 0.05) is 31.0 Å². The average molecular weight is 342 g/mol. The first-order valence-electron chi connectivity index (χ1n) is 8.05. The van der Waals surface area contributed by atoms with Crippen molar-refractivity contribution in [3.05, 3.63) is 52.0 Å². The van der Waals surface area contributed by atoms with Crippen molar-refractivity contribution in [2.45, 2.75) is 13.0 Å². The Labute approximate surface area is 143 Å². The largest absolute Gasteiger partial charge is 0.419 e. The molecule has 1 saturated heterocycles. The molecule has 1 aliphatic heterocycles. The number of morpholine rings is 1. The number of ether oxygens (including phenoxy) is 1. The van der Waals surface area contributed by atoms with Crippen LogP contribution < -0.4 is 5.76 Å². The second kappa shape index (κ2) is 5.89. The highest BCUT2D eigenvalue weighted by Gasteiger charge is 2.28. The molecule has 1 atom stereocenters. The van der Waals surface area contributed by atoms with Gasteiger partial charge in [-0.2, -0.15) is 0 Å². The number of H-pyrrole nitrogens is 1. The molecule has 1 aromatic carbocycles. The molecule has 0 unspecified atom stereocenters. The third kappa shape index (κ3) is 2.74. The number of amides is 1. The molecule has 8 heteroatoms. The summed E-state index contributed by atoms with van der Waals surface area (Å²) in [6, 6.07) is 5.01. The highest BCUT2D eigenvalue weighted by Crippen LogP contribution is 2.22. The molecule has 2 aromatic heterocycles. The molecule has 0 radical (unpaired) electrons. The molecule has 1 aliphatic rings. The van der Waals surface area contributed by atoms with Crippen molar-refractivity contribution in [3.8, 4) is 0 Å². The monoisotopic (exact) mass is 342 g/mol. The fraction of sp³-hybridized carbons (Fsp3) is 0.353. The van der Waals surface area contributed by atoms with E-state index in [4.69, 9.17) is 9.15 Å². The average Bonchev–Trinajstić information content (AvgIpc) is 3.18. The number of oxazole rings is 1. The van der Waals surface area contributed by atoms with Gasteiger partial charge in [-0.3, -0.25) is 9.36 Å². The second-order valence-corrected chi connectivity index (χ2v) is 6.17. The highest BCUT2D eigenvalue weighted by atomic mass is 16.5. The Morgan fingerprint density at radius 3 is 3.00 bits per heavy atom. The van der Waals surface area contributed by atoms with Gasteiger partial charge in [0.1, 0.15) is 11.9 Å². The van der Waals surface area contributed by atoms with Crippen molar-refractivity contribution in [2.75, 3.05) is 19.7 Å². The van der Waals surface area contributed by atoms with E-state index in [9.17, 15) is 9.59 Å². The van der Waals surface area contributed by atoms with Gasteiger partial charge in [-0.25, -0.2) is 9.78 Å². The van der Waals surface area contributed by atoms with Crippen molar-refractivity contribution in [1.82, 2.24) is 19.4 Å². The number of aromatic nitrogens is 3. The summed E-state index contributed by atoms with van der Waals surface area (Å²) in [4.78, 5) is 33.7. The molecule has 8 nitrogen and oxygen atoms in total. The number of hydrogen-bond acceptors (Lipinski definition) is 5. The van der Waals surface area contributed by atoms with E-state index in [2.05, 4.69) is 9.97 Å². The van der Waals surface area contributed by atoms with Crippen LogP contribution >= 0.6 is 0 Å². The third-order valence-electron chi connectivity index (χ3n) is 4.42. The number of carbonyl (C=O) groups is 1. The third-order valence-corrected chi connectivity index (χ3v) is 4.42. The number of nitrogens with zero attached hydrogens (tertiary/aromatic N) is 3. The molecular formula is C17H18N4O4. The fourth-order valence-electron chi connectivity index (χ4n) is 3.04. The first kappa shape index (κ1) is 15.6. The van der Waals surface area contributed by atoms with E-state index in [-0.39, 0.29) is 12.0 Å². The number of aromatic amines is 1. The molecule has 25 heavy (non-hydrogen) atoms. The van der Waals surface area contributed by atoms with Crippen molar-refractivity contribution < 1.29 is 13.9 Å². The van der Waals surface area contributed by atoms with E-state index in [0.29, 0.717) is 36.4 Å². The van der Waals surface area contributed by atoms with E-state index in [1.807, 2.05) is 6.92 Å². The molecule has 0 aliphatic carbocycles. The lowest BCUT2D eigenvalue weighted by atomic mass is 10.1. The van der Waals surface area contributed by atoms with Gasteiger partial charge >= 0.3 is 5.76 Å². The minimum Gasteiger partial charge on any atom is -0.408 e. The SMILES string of the molecule is Cc1cnc([C@@H]2CN(C(=O)c3ccc4oc(=O)n(C)c4c3)CCO2)[nH]1. The summed E-state index contributed by atoms with van der Waals surface area (Å²) in [6.07, 6.45) is 1.47. The van der Waals surface area contributed by atoms with Crippen LogP contribution in [0.25, 0.3) is 11.1 Å². The van der Waals surface area contributed by atoms with Crippen LogP contribution in [0, 0.1) is 6.92 Å². The minimum atomic E-state index is -0.445. The van der Waals surface area contributed by atoms with Gasteiger partial charge in [-0.15, -0.1) is 0 Å². The van der Waals surface area contributed by atoms with Gasteiger partial charge in [0.25, 0.3) is 5.91 Å². The lowest BCUT2D eigenvalue weighted by molar-refractivity contribution is -0.0264. The zero-order chi connectivity index (χ0) is 17.6. The molecule has 3 aromatic rings. The highest BCUT2D eigenvalue weighted by molar-refractivity contribution is 5.97. The maximum Gasteiger partial charge on any atom is 0.419 e. The maximum atomic E-state index is 12.9. The number of hydrogen-bond donors (Lipinski definition) is 1. The summed E-state index contributed by atoms with van der Waals surface area (Å²) in [7, 11) is 1.62. The number of nitrogens with one attached hydrogen (secondary N) is 1. The molecule has 1 amide bonds. The molecule has 1 N–H and O–H groups in total. The lowest BCUT2D eigenvalue weighted by Gasteiger charge is -2.32. The normalized spacial score (nSPS) is 18.0. The standard InChI is InChI=1S/C17H18N4O4/c1-10-8-18-15(19-10)14-9-21(5-6-24-14)16(22)11-3-4-13-12(7-11)20(2)17(23)25-13/h3-4,7-8,14H,5-6,9H2,1-2H3,(H,18,19)/t14-/m0/s1. The van der Waals surface area contributed by atoms with E-state index in [1.165, 1.54) is 4.57 Å². The maximum absolute atomic E-state index is 12.9. The Bertz CT molecular complexity index is 1000. The van der Waals surface area contributed by atoms with Gasteiger partial charge < -0.3 is 19.0 Å². The molecule has 0 saturated carbocycles. The van der Waals surface area contributed by atoms with Crippen molar-refractivity contribution in [3.63, 3.8) is 0 Å². The number of aryl methyl sites for hydroxylation is 2. The van der Waals surface area contributed by atoms with Crippen LogP contribution in [0.1, 0.15) is 28.0 Å². The van der Waals surface area contributed by atoms with Crippen molar-refractivity contribution in [1.29, 1.82) is 0 Å². The quantitative estimate of drug-likeness (QED) is 0.759. The van der Waals surface area contributed by atoms with Gasteiger partial charge in [0.15, 0.2) is 5.58 Å². The van der Waals surface area contributed by atoms with Crippen LogP contribution in [0.3, 0.4) is 0 Å².